The Morgan fingerprint density at radius 1 is 1.46 bits per heavy atom. The summed E-state index contributed by atoms with van der Waals surface area (Å²) in [4.78, 5) is 19.9. The first-order valence-corrected chi connectivity index (χ1v) is 4.38. The number of hydrogen-bond acceptors (Lipinski definition) is 3. The summed E-state index contributed by atoms with van der Waals surface area (Å²) in [5.41, 5.74) is 0. The highest BCUT2D eigenvalue weighted by Crippen LogP contribution is 2.09. The summed E-state index contributed by atoms with van der Waals surface area (Å²) in [6.45, 7) is 1.64. The van der Waals surface area contributed by atoms with E-state index in [0.29, 0.717) is 12.8 Å². The highest BCUT2D eigenvalue weighted by atomic mass is 16.6. The minimum Gasteiger partial charge on any atom is -0.481 e. The molecule has 0 rings (SSSR count). The molecule has 5 heteroatoms. The van der Waals surface area contributed by atoms with E-state index in [0.717, 1.165) is 12.8 Å². The SMILES string of the molecule is CC(CCCCC[N+](=O)[O-])C(=O)O. The highest BCUT2D eigenvalue weighted by Gasteiger charge is 2.09. The summed E-state index contributed by atoms with van der Waals surface area (Å²) in [7, 11) is 0. The van der Waals surface area contributed by atoms with Crippen molar-refractivity contribution in [2.75, 3.05) is 6.54 Å². The average molecular weight is 189 g/mol. The van der Waals surface area contributed by atoms with Gasteiger partial charge in [-0.3, -0.25) is 14.9 Å². The summed E-state index contributed by atoms with van der Waals surface area (Å²) >= 11 is 0. The quantitative estimate of drug-likeness (QED) is 0.374. The monoisotopic (exact) mass is 189 g/mol. The largest absolute Gasteiger partial charge is 0.481 e. The van der Waals surface area contributed by atoms with Crippen molar-refractivity contribution in [3.05, 3.63) is 10.1 Å². The Hall–Kier alpha value is -1.13. The molecule has 76 valence electrons. The second-order valence-corrected chi connectivity index (χ2v) is 3.14. The maximum atomic E-state index is 10.4. The molecule has 0 heterocycles. The average Bonchev–Trinajstić information content (AvgIpc) is 2.02. The Kier molecular flexibility index (Phi) is 5.84. The molecule has 0 bridgehead atoms. The molecule has 0 aliphatic carbocycles. The molecule has 0 aromatic carbocycles. The predicted molar refractivity (Wildman–Crippen MR) is 47.1 cm³/mol. The van der Waals surface area contributed by atoms with Gasteiger partial charge in [0, 0.05) is 11.3 Å². The van der Waals surface area contributed by atoms with Crippen LogP contribution in [0, 0.1) is 16.0 Å². The van der Waals surface area contributed by atoms with E-state index in [1.165, 1.54) is 0 Å². The zero-order chi connectivity index (χ0) is 10.3. The standard InChI is InChI=1S/C8H15NO4/c1-7(8(10)11)5-3-2-4-6-9(12)13/h7H,2-6H2,1H3,(H,10,11). The third kappa shape index (κ3) is 7.24. The summed E-state index contributed by atoms with van der Waals surface area (Å²) in [5, 5.41) is 18.4. The van der Waals surface area contributed by atoms with Crippen molar-refractivity contribution >= 4 is 5.97 Å². The van der Waals surface area contributed by atoms with Gasteiger partial charge in [0.25, 0.3) is 0 Å². The molecule has 0 radical (unpaired) electrons. The van der Waals surface area contributed by atoms with E-state index in [2.05, 4.69) is 0 Å². The molecule has 0 aromatic rings. The number of unbranched alkanes of at least 4 members (excludes halogenated alkanes) is 2. The summed E-state index contributed by atoms with van der Waals surface area (Å²) in [6, 6.07) is 0. The van der Waals surface area contributed by atoms with E-state index in [1.807, 2.05) is 0 Å². The van der Waals surface area contributed by atoms with Crippen molar-refractivity contribution < 1.29 is 14.8 Å². The van der Waals surface area contributed by atoms with Crippen LogP contribution < -0.4 is 0 Å². The van der Waals surface area contributed by atoms with Crippen molar-refractivity contribution in [1.82, 2.24) is 0 Å². The van der Waals surface area contributed by atoms with Crippen LogP contribution in [0.3, 0.4) is 0 Å². The van der Waals surface area contributed by atoms with E-state index < -0.39 is 5.97 Å². The van der Waals surface area contributed by atoms with Crippen LogP contribution in [-0.4, -0.2) is 22.5 Å². The molecule has 0 aromatic heterocycles. The first kappa shape index (κ1) is 11.9. The van der Waals surface area contributed by atoms with Crippen molar-refractivity contribution in [3.8, 4) is 0 Å². The van der Waals surface area contributed by atoms with Gasteiger partial charge in [-0.2, -0.15) is 0 Å². The normalized spacial score (nSPS) is 12.4. The molecule has 1 atom stereocenters. The zero-order valence-electron chi connectivity index (χ0n) is 7.73. The van der Waals surface area contributed by atoms with Crippen LogP contribution in [0.25, 0.3) is 0 Å². The fourth-order valence-corrected chi connectivity index (χ4v) is 0.992. The molecule has 1 N–H and O–H groups in total. The van der Waals surface area contributed by atoms with Crippen LogP contribution in [0.2, 0.25) is 0 Å². The summed E-state index contributed by atoms with van der Waals surface area (Å²) < 4.78 is 0. The Morgan fingerprint density at radius 3 is 2.54 bits per heavy atom. The Morgan fingerprint density at radius 2 is 2.08 bits per heavy atom. The van der Waals surface area contributed by atoms with Gasteiger partial charge in [0.15, 0.2) is 0 Å². The van der Waals surface area contributed by atoms with Crippen LogP contribution in [0.15, 0.2) is 0 Å². The van der Waals surface area contributed by atoms with Gasteiger partial charge in [-0.15, -0.1) is 0 Å². The number of hydrogen-bond donors (Lipinski definition) is 1. The maximum absolute atomic E-state index is 10.4. The zero-order valence-corrected chi connectivity index (χ0v) is 7.73. The second kappa shape index (κ2) is 6.39. The van der Waals surface area contributed by atoms with E-state index in [4.69, 9.17) is 5.11 Å². The first-order chi connectivity index (χ1) is 6.04. The molecule has 0 aliphatic heterocycles. The molecule has 1 unspecified atom stereocenters. The molecule has 0 spiro atoms. The Balaban J connectivity index is 3.26. The fraction of sp³-hybridized carbons (Fsp3) is 0.875. The smallest absolute Gasteiger partial charge is 0.306 e. The number of carboxylic acids is 1. The maximum Gasteiger partial charge on any atom is 0.306 e. The van der Waals surface area contributed by atoms with Crippen molar-refractivity contribution in [3.63, 3.8) is 0 Å². The van der Waals surface area contributed by atoms with Crippen LogP contribution in [-0.2, 0) is 4.79 Å². The molecule has 0 aliphatic rings. The summed E-state index contributed by atoms with van der Waals surface area (Å²) in [6.07, 6.45) is 2.63. The van der Waals surface area contributed by atoms with Crippen LogP contribution in [0.4, 0.5) is 0 Å². The number of carboxylic acid groups (broad SMARTS) is 1. The van der Waals surface area contributed by atoms with Crippen LogP contribution >= 0.6 is 0 Å². The number of carbonyl (C=O) groups is 1. The molecular weight excluding hydrogens is 174 g/mol. The third-order valence-corrected chi connectivity index (χ3v) is 1.90. The predicted octanol–water partition coefficient (Wildman–Crippen LogP) is 1.54. The van der Waals surface area contributed by atoms with Gasteiger partial charge in [-0.05, 0) is 12.8 Å². The minimum absolute atomic E-state index is 0.0124. The van der Waals surface area contributed by atoms with Gasteiger partial charge in [0.1, 0.15) is 0 Å². The minimum atomic E-state index is -0.797. The van der Waals surface area contributed by atoms with Crippen LogP contribution in [0.5, 0.6) is 0 Å². The lowest BCUT2D eigenvalue weighted by molar-refractivity contribution is -0.480. The number of aliphatic carboxylic acids is 1. The second-order valence-electron chi connectivity index (χ2n) is 3.14. The van der Waals surface area contributed by atoms with Gasteiger partial charge in [0.2, 0.25) is 6.54 Å². The molecule has 5 nitrogen and oxygen atoms in total. The highest BCUT2D eigenvalue weighted by molar-refractivity contribution is 5.69. The van der Waals surface area contributed by atoms with Crippen molar-refractivity contribution in [2.45, 2.75) is 32.6 Å². The Labute approximate surface area is 76.9 Å². The molecule has 0 saturated carbocycles. The van der Waals surface area contributed by atoms with Crippen LogP contribution in [0.1, 0.15) is 32.6 Å². The van der Waals surface area contributed by atoms with Gasteiger partial charge in [0.05, 0.1) is 5.92 Å². The first-order valence-electron chi connectivity index (χ1n) is 4.38. The topological polar surface area (TPSA) is 80.4 Å². The lowest BCUT2D eigenvalue weighted by Gasteiger charge is -2.03. The number of nitro groups is 1. The fourth-order valence-electron chi connectivity index (χ4n) is 0.992. The Bertz CT molecular complexity index is 181. The van der Waals surface area contributed by atoms with E-state index >= 15 is 0 Å². The molecule has 0 amide bonds. The molecule has 0 saturated heterocycles. The lowest BCUT2D eigenvalue weighted by Crippen LogP contribution is -2.09. The van der Waals surface area contributed by atoms with E-state index in [-0.39, 0.29) is 17.4 Å². The van der Waals surface area contributed by atoms with Gasteiger partial charge >= 0.3 is 5.97 Å². The van der Waals surface area contributed by atoms with Crippen molar-refractivity contribution in [1.29, 1.82) is 0 Å². The van der Waals surface area contributed by atoms with Crippen molar-refractivity contribution in [2.24, 2.45) is 5.92 Å². The summed E-state index contributed by atoms with van der Waals surface area (Å²) in [5.74, 6) is -1.13. The lowest BCUT2D eigenvalue weighted by atomic mass is 10.0. The van der Waals surface area contributed by atoms with Gasteiger partial charge in [-0.25, -0.2) is 0 Å². The van der Waals surface area contributed by atoms with Gasteiger partial charge < -0.3 is 5.11 Å². The molecule has 0 fully saturated rings. The third-order valence-electron chi connectivity index (χ3n) is 1.90. The number of nitrogens with zero attached hydrogens (tertiary/aromatic N) is 1. The van der Waals surface area contributed by atoms with Gasteiger partial charge in [-0.1, -0.05) is 13.3 Å². The molecule has 13 heavy (non-hydrogen) atoms. The van der Waals surface area contributed by atoms with E-state index in [9.17, 15) is 14.9 Å². The van der Waals surface area contributed by atoms with E-state index in [1.54, 1.807) is 6.92 Å². The number of rotatable bonds is 7. The molecular formula is C8H15NO4.